The number of carbonyl (C=O) groups excluding carboxylic acids is 1. The Morgan fingerprint density at radius 1 is 1.62 bits per heavy atom. The molecule has 3 N–H and O–H groups in total. The predicted molar refractivity (Wildman–Crippen MR) is 58.9 cm³/mol. The third kappa shape index (κ3) is 3.67. The standard InChI is InChI=1S/C10H12FNO3.ClH/c1-15-10(14)5-8(12)6-2-3-9(13)7(11)4-6;/h2-4,8,13H,5,12H2,1H3;1H/t8-;/m1./s1. The molecule has 0 aliphatic carbocycles. The van der Waals surface area contributed by atoms with Crippen molar-refractivity contribution in [2.75, 3.05) is 7.11 Å². The van der Waals surface area contributed by atoms with E-state index in [0.717, 1.165) is 6.07 Å². The lowest BCUT2D eigenvalue weighted by Crippen LogP contribution is -2.16. The van der Waals surface area contributed by atoms with E-state index in [1.54, 1.807) is 0 Å². The van der Waals surface area contributed by atoms with Gasteiger partial charge in [-0.1, -0.05) is 6.07 Å². The molecule has 1 aromatic rings. The van der Waals surface area contributed by atoms with Gasteiger partial charge < -0.3 is 15.6 Å². The fourth-order valence-corrected chi connectivity index (χ4v) is 1.13. The van der Waals surface area contributed by atoms with E-state index in [9.17, 15) is 9.18 Å². The molecule has 0 fully saturated rings. The van der Waals surface area contributed by atoms with Crippen molar-refractivity contribution in [1.82, 2.24) is 0 Å². The number of hydrogen-bond acceptors (Lipinski definition) is 4. The third-order valence-corrected chi connectivity index (χ3v) is 2.01. The summed E-state index contributed by atoms with van der Waals surface area (Å²) in [5.74, 6) is -1.66. The van der Waals surface area contributed by atoms with Crippen molar-refractivity contribution >= 4 is 18.4 Å². The number of hydrogen-bond donors (Lipinski definition) is 2. The van der Waals surface area contributed by atoms with E-state index in [1.165, 1.54) is 19.2 Å². The Labute approximate surface area is 98.6 Å². The maximum absolute atomic E-state index is 12.9. The number of halogens is 2. The summed E-state index contributed by atoms with van der Waals surface area (Å²) < 4.78 is 17.4. The van der Waals surface area contributed by atoms with Crippen LogP contribution in [0.4, 0.5) is 4.39 Å². The van der Waals surface area contributed by atoms with Crippen LogP contribution in [0.1, 0.15) is 18.0 Å². The molecule has 0 unspecified atom stereocenters. The van der Waals surface area contributed by atoms with Gasteiger partial charge >= 0.3 is 5.97 Å². The Kier molecular flexibility index (Phi) is 5.77. The number of phenolic OH excluding ortho intramolecular Hbond substituents is 1. The molecule has 6 heteroatoms. The molecule has 1 atom stereocenters. The van der Waals surface area contributed by atoms with Gasteiger partial charge in [-0.25, -0.2) is 4.39 Å². The van der Waals surface area contributed by atoms with E-state index < -0.39 is 23.6 Å². The first-order valence-corrected chi connectivity index (χ1v) is 4.35. The number of nitrogens with two attached hydrogens (primary N) is 1. The molecule has 1 aromatic carbocycles. The van der Waals surface area contributed by atoms with Gasteiger partial charge in [0.1, 0.15) is 0 Å². The van der Waals surface area contributed by atoms with Crippen molar-refractivity contribution in [2.24, 2.45) is 5.73 Å². The highest BCUT2D eigenvalue weighted by Gasteiger charge is 2.13. The third-order valence-electron chi connectivity index (χ3n) is 2.01. The van der Waals surface area contributed by atoms with Crippen molar-refractivity contribution in [3.05, 3.63) is 29.6 Å². The first kappa shape index (κ1) is 14.7. The second kappa shape index (κ2) is 6.30. The van der Waals surface area contributed by atoms with Gasteiger partial charge in [0.2, 0.25) is 0 Å². The van der Waals surface area contributed by atoms with Gasteiger partial charge in [0.25, 0.3) is 0 Å². The molecule has 0 aliphatic rings. The molecule has 1 rings (SSSR count). The lowest BCUT2D eigenvalue weighted by atomic mass is 10.0. The Bertz CT molecular complexity index is 373. The SMILES string of the molecule is COC(=O)C[C@@H](N)c1ccc(O)c(F)c1.Cl. The van der Waals surface area contributed by atoms with Crippen molar-refractivity contribution in [3.63, 3.8) is 0 Å². The van der Waals surface area contributed by atoms with Gasteiger partial charge in [0.15, 0.2) is 11.6 Å². The minimum atomic E-state index is -0.757. The first-order chi connectivity index (χ1) is 7.04. The van der Waals surface area contributed by atoms with E-state index in [1.807, 2.05) is 0 Å². The van der Waals surface area contributed by atoms with E-state index in [2.05, 4.69) is 4.74 Å². The zero-order valence-corrected chi connectivity index (χ0v) is 9.46. The highest BCUT2D eigenvalue weighted by Crippen LogP contribution is 2.21. The number of aromatic hydroxyl groups is 1. The number of ether oxygens (including phenoxy) is 1. The Balaban J connectivity index is 0.00000225. The predicted octanol–water partition coefficient (Wildman–Crippen LogP) is 1.52. The minimum absolute atomic E-state index is 0. The zero-order valence-electron chi connectivity index (χ0n) is 8.64. The summed E-state index contributed by atoms with van der Waals surface area (Å²) >= 11 is 0. The highest BCUT2D eigenvalue weighted by molar-refractivity contribution is 5.85. The molecule has 0 saturated heterocycles. The molecule has 0 aromatic heterocycles. The monoisotopic (exact) mass is 249 g/mol. The molecule has 90 valence electrons. The second-order valence-corrected chi connectivity index (χ2v) is 3.10. The summed E-state index contributed by atoms with van der Waals surface area (Å²) in [5, 5.41) is 8.95. The van der Waals surface area contributed by atoms with Crippen LogP contribution in [0, 0.1) is 5.82 Å². The van der Waals surface area contributed by atoms with Gasteiger partial charge in [-0.05, 0) is 17.7 Å². The maximum Gasteiger partial charge on any atom is 0.307 e. The Morgan fingerprint density at radius 3 is 2.75 bits per heavy atom. The molecular weight excluding hydrogens is 237 g/mol. The van der Waals surface area contributed by atoms with E-state index >= 15 is 0 Å². The summed E-state index contributed by atoms with van der Waals surface area (Å²) in [6, 6.07) is 3.13. The Morgan fingerprint density at radius 2 is 2.25 bits per heavy atom. The molecular formula is C10H13ClFNO3. The summed E-state index contributed by atoms with van der Waals surface area (Å²) in [5.41, 5.74) is 6.08. The van der Waals surface area contributed by atoms with Crippen LogP contribution in [0.2, 0.25) is 0 Å². The van der Waals surface area contributed by atoms with Crippen LogP contribution in [-0.2, 0) is 9.53 Å². The fourth-order valence-electron chi connectivity index (χ4n) is 1.13. The first-order valence-electron chi connectivity index (χ1n) is 4.35. The molecule has 0 radical (unpaired) electrons. The number of benzene rings is 1. The van der Waals surface area contributed by atoms with Crippen molar-refractivity contribution in [1.29, 1.82) is 0 Å². The summed E-state index contributed by atoms with van der Waals surface area (Å²) in [7, 11) is 1.26. The number of methoxy groups -OCH3 is 1. The van der Waals surface area contributed by atoms with E-state index in [-0.39, 0.29) is 18.8 Å². The largest absolute Gasteiger partial charge is 0.505 e. The van der Waals surface area contributed by atoms with Gasteiger partial charge in [0, 0.05) is 6.04 Å². The van der Waals surface area contributed by atoms with Gasteiger partial charge in [-0.15, -0.1) is 12.4 Å². The lowest BCUT2D eigenvalue weighted by Gasteiger charge is -2.10. The highest BCUT2D eigenvalue weighted by atomic mass is 35.5. The molecule has 0 saturated carbocycles. The molecule has 0 aliphatic heterocycles. The topological polar surface area (TPSA) is 72.5 Å². The Hall–Kier alpha value is -1.33. The second-order valence-electron chi connectivity index (χ2n) is 3.10. The van der Waals surface area contributed by atoms with Gasteiger partial charge in [0.05, 0.1) is 13.5 Å². The fraction of sp³-hybridized carbons (Fsp3) is 0.300. The van der Waals surface area contributed by atoms with Crippen molar-refractivity contribution in [2.45, 2.75) is 12.5 Å². The van der Waals surface area contributed by atoms with Crippen LogP contribution < -0.4 is 5.73 Å². The quantitative estimate of drug-likeness (QED) is 0.797. The number of rotatable bonds is 3. The van der Waals surface area contributed by atoms with Gasteiger partial charge in [-0.3, -0.25) is 4.79 Å². The molecule has 16 heavy (non-hydrogen) atoms. The normalized spacial score (nSPS) is 11.4. The average molecular weight is 250 g/mol. The summed E-state index contributed by atoms with van der Waals surface area (Å²) in [6.07, 6.45) is -0.0271. The number of phenols is 1. The van der Waals surface area contributed by atoms with Crippen LogP contribution in [0.5, 0.6) is 5.75 Å². The van der Waals surface area contributed by atoms with Crippen LogP contribution in [-0.4, -0.2) is 18.2 Å². The molecule has 0 bridgehead atoms. The van der Waals surface area contributed by atoms with Crippen LogP contribution in [0.25, 0.3) is 0 Å². The van der Waals surface area contributed by atoms with Gasteiger partial charge in [-0.2, -0.15) is 0 Å². The number of esters is 1. The maximum atomic E-state index is 12.9. The molecule has 0 spiro atoms. The van der Waals surface area contributed by atoms with E-state index in [0.29, 0.717) is 5.56 Å². The van der Waals surface area contributed by atoms with Crippen molar-refractivity contribution in [3.8, 4) is 5.75 Å². The lowest BCUT2D eigenvalue weighted by molar-refractivity contribution is -0.141. The molecule has 0 heterocycles. The van der Waals surface area contributed by atoms with Crippen LogP contribution in [0.3, 0.4) is 0 Å². The zero-order chi connectivity index (χ0) is 11.4. The summed E-state index contributed by atoms with van der Waals surface area (Å²) in [6.45, 7) is 0. The smallest absolute Gasteiger partial charge is 0.307 e. The van der Waals surface area contributed by atoms with Crippen LogP contribution >= 0.6 is 12.4 Å². The molecule has 0 amide bonds. The van der Waals surface area contributed by atoms with Crippen molar-refractivity contribution < 1.29 is 19.0 Å². The minimum Gasteiger partial charge on any atom is -0.505 e. The number of carbonyl (C=O) groups is 1. The average Bonchev–Trinajstić information content (AvgIpc) is 2.21. The molecule has 4 nitrogen and oxygen atoms in total. The summed E-state index contributed by atoms with van der Waals surface area (Å²) in [4.78, 5) is 10.9. The van der Waals surface area contributed by atoms with Crippen LogP contribution in [0.15, 0.2) is 18.2 Å². The van der Waals surface area contributed by atoms with E-state index in [4.69, 9.17) is 10.8 Å².